The van der Waals surface area contributed by atoms with E-state index in [9.17, 15) is 9.59 Å². The van der Waals surface area contributed by atoms with Gasteiger partial charge >= 0.3 is 5.69 Å². The third-order valence-corrected chi connectivity index (χ3v) is 8.95. The third-order valence-electron chi connectivity index (χ3n) is 8.95. The first kappa shape index (κ1) is 30.7. The lowest BCUT2D eigenvalue weighted by Crippen LogP contribution is -2.38. The molecule has 0 unspecified atom stereocenters. The van der Waals surface area contributed by atoms with Crippen molar-refractivity contribution in [3.8, 4) is 28.8 Å². The number of benzene rings is 4. The Hall–Kier alpha value is -4.92. The molecule has 0 atom stereocenters. The van der Waals surface area contributed by atoms with E-state index in [1.165, 1.54) is 4.57 Å². The minimum atomic E-state index is -0.549. The fraction of sp³-hybridized carbons (Fsp3) is 0.368. The van der Waals surface area contributed by atoms with Gasteiger partial charge in [-0.3, -0.25) is 9.36 Å². The highest BCUT2D eigenvalue weighted by Gasteiger charge is 2.22. The second kappa shape index (κ2) is 13.8. The van der Waals surface area contributed by atoms with Crippen molar-refractivity contribution in [3.63, 3.8) is 0 Å². The van der Waals surface area contributed by atoms with E-state index in [0.29, 0.717) is 56.3 Å². The lowest BCUT2D eigenvalue weighted by Gasteiger charge is -2.19. The van der Waals surface area contributed by atoms with Gasteiger partial charge in [-0.25, -0.2) is 9.78 Å². The molecule has 0 fully saturated rings. The van der Waals surface area contributed by atoms with Crippen LogP contribution < -0.4 is 25.5 Å². The molecule has 0 spiro atoms. The number of ether oxygens (including phenoxy) is 3. The van der Waals surface area contributed by atoms with Crippen LogP contribution in [0.5, 0.6) is 17.2 Å². The predicted octanol–water partition coefficient (Wildman–Crippen LogP) is 7.36. The molecule has 0 radical (unpaired) electrons. The van der Waals surface area contributed by atoms with Gasteiger partial charge in [0, 0.05) is 29.9 Å². The van der Waals surface area contributed by atoms with Crippen molar-refractivity contribution in [2.45, 2.75) is 71.4 Å². The number of unbranched alkanes of at least 4 members (excludes halogenated alkanes) is 3. The van der Waals surface area contributed by atoms with Crippen molar-refractivity contribution in [3.05, 3.63) is 87.6 Å². The van der Waals surface area contributed by atoms with E-state index in [-0.39, 0.29) is 12.2 Å². The van der Waals surface area contributed by atoms with Gasteiger partial charge in [0.05, 0.1) is 30.9 Å². The standard InChI is InChI=1S/C38H40N4O5/c1-2-3-4-5-18-41-32-25-28-16-17-31(32)39-35-36(41)40-38(44)42(37(35)43)19-6-7-21-46-33-14-10-12-26-24-30-27(23-29(26)33)13-11-15-34(30)47-22-9-8-20-45-28/h10-17,23-25H,2-9,18-22H2,1H3. The first-order valence-corrected chi connectivity index (χ1v) is 16.9. The summed E-state index contributed by atoms with van der Waals surface area (Å²) in [5, 5.41) is 4.26. The quantitative estimate of drug-likeness (QED) is 0.145. The molecule has 4 aromatic carbocycles. The SMILES string of the molecule is CCCCCCn1c2nc(=O)n3c(=O)c-2nc2ccc(cc21)OCCCCOc1cccc2cc4c(cccc4cc12)OCCCC3. The molecule has 7 aliphatic heterocycles. The summed E-state index contributed by atoms with van der Waals surface area (Å²) in [7, 11) is 0. The van der Waals surface area contributed by atoms with Gasteiger partial charge in [-0.2, -0.15) is 4.98 Å². The summed E-state index contributed by atoms with van der Waals surface area (Å²) in [5.74, 6) is 2.72. The summed E-state index contributed by atoms with van der Waals surface area (Å²) < 4.78 is 21.9. The van der Waals surface area contributed by atoms with Gasteiger partial charge in [-0.1, -0.05) is 50.5 Å². The maximum Gasteiger partial charge on any atom is 0.352 e. The summed E-state index contributed by atoms with van der Waals surface area (Å²) in [5.41, 5.74) is 0.738. The van der Waals surface area contributed by atoms with Gasteiger partial charge in [0.25, 0.3) is 5.56 Å². The molecule has 4 aromatic rings. The lowest BCUT2D eigenvalue weighted by molar-refractivity contribution is 0.268. The number of aryl methyl sites for hydroxylation is 1. The Bertz CT molecular complexity index is 2140. The molecule has 12 bridgehead atoms. The van der Waals surface area contributed by atoms with Crippen molar-refractivity contribution in [1.29, 1.82) is 0 Å². The summed E-state index contributed by atoms with van der Waals surface area (Å²) >= 11 is 0. The van der Waals surface area contributed by atoms with Gasteiger partial charge < -0.3 is 18.8 Å². The first-order chi connectivity index (χ1) is 23.1. The number of hydrogen-bond donors (Lipinski definition) is 0. The predicted molar refractivity (Wildman–Crippen MR) is 185 cm³/mol. The number of nitrogens with zero attached hydrogens (tertiary/aromatic N) is 4. The molecule has 0 N–H and O–H groups in total. The van der Waals surface area contributed by atoms with Crippen molar-refractivity contribution in [2.75, 3.05) is 19.8 Å². The average molecular weight is 633 g/mol. The highest BCUT2D eigenvalue weighted by atomic mass is 16.5. The molecule has 0 aromatic heterocycles. The second-order valence-electron chi connectivity index (χ2n) is 12.3. The average Bonchev–Trinajstić information content (AvgIpc) is 3.08. The Morgan fingerprint density at radius 1 is 0.723 bits per heavy atom. The zero-order valence-electron chi connectivity index (χ0n) is 26.9. The van der Waals surface area contributed by atoms with Crippen molar-refractivity contribution >= 4 is 32.6 Å². The molecular weight excluding hydrogens is 592 g/mol. The Morgan fingerprint density at radius 3 is 2.11 bits per heavy atom. The number of aromatic nitrogens is 4. The van der Waals surface area contributed by atoms with Crippen LogP contribution in [0.3, 0.4) is 0 Å². The zero-order valence-corrected chi connectivity index (χ0v) is 26.9. The minimum absolute atomic E-state index is 0.216. The van der Waals surface area contributed by atoms with Crippen molar-refractivity contribution in [1.82, 2.24) is 19.1 Å². The van der Waals surface area contributed by atoms with Crippen LogP contribution in [-0.4, -0.2) is 38.9 Å². The largest absolute Gasteiger partial charge is 0.494 e. The van der Waals surface area contributed by atoms with Crippen LogP contribution in [0.25, 0.3) is 44.1 Å². The topological polar surface area (TPSA) is 97.5 Å². The normalized spacial score (nSPS) is 14.5. The monoisotopic (exact) mass is 632 g/mol. The molecule has 9 nitrogen and oxygen atoms in total. The summed E-state index contributed by atoms with van der Waals surface area (Å²) in [6.45, 7) is 4.61. The minimum Gasteiger partial charge on any atom is -0.494 e. The Kier molecular flexibility index (Phi) is 9.04. The molecule has 0 saturated heterocycles. The molecule has 47 heavy (non-hydrogen) atoms. The summed E-state index contributed by atoms with van der Waals surface area (Å²) in [4.78, 5) is 36.2. The van der Waals surface area contributed by atoms with E-state index in [4.69, 9.17) is 19.2 Å². The van der Waals surface area contributed by atoms with E-state index >= 15 is 0 Å². The zero-order chi connectivity index (χ0) is 32.2. The number of rotatable bonds is 5. The summed E-state index contributed by atoms with van der Waals surface area (Å²) in [6.07, 6.45) is 7.08. The maximum absolute atomic E-state index is 13.7. The molecule has 242 valence electrons. The van der Waals surface area contributed by atoms with Crippen LogP contribution in [0.2, 0.25) is 0 Å². The van der Waals surface area contributed by atoms with Crippen molar-refractivity contribution in [2.24, 2.45) is 0 Å². The van der Waals surface area contributed by atoms with E-state index in [2.05, 4.69) is 36.2 Å². The Morgan fingerprint density at radius 2 is 1.40 bits per heavy atom. The van der Waals surface area contributed by atoms with E-state index in [1.807, 2.05) is 47.0 Å². The van der Waals surface area contributed by atoms with Crippen LogP contribution in [0, 0.1) is 0 Å². The fourth-order valence-electron chi connectivity index (χ4n) is 6.43. The molecule has 7 aliphatic rings. The van der Waals surface area contributed by atoms with Gasteiger partial charge in [-0.05, 0) is 79.3 Å². The van der Waals surface area contributed by atoms with Crippen LogP contribution in [0.4, 0.5) is 0 Å². The van der Waals surface area contributed by atoms with E-state index in [1.54, 1.807) is 0 Å². The van der Waals surface area contributed by atoms with Gasteiger partial charge in [0.2, 0.25) is 0 Å². The molecule has 11 rings (SSSR count). The number of hydrogen-bond acceptors (Lipinski definition) is 7. The van der Waals surface area contributed by atoms with Crippen LogP contribution in [-0.2, 0) is 13.1 Å². The van der Waals surface area contributed by atoms with E-state index in [0.717, 1.165) is 77.1 Å². The molecule has 9 heteroatoms. The molecule has 7 heterocycles. The second-order valence-corrected chi connectivity index (χ2v) is 12.3. The van der Waals surface area contributed by atoms with Crippen LogP contribution in [0.1, 0.15) is 58.3 Å². The van der Waals surface area contributed by atoms with Gasteiger partial charge in [-0.15, -0.1) is 0 Å². The molecular formula is C38H40N4O5. The first-order valence-electron chi connectivity index (χ1n) is 16.9. The Balaban J connectivity index is 1.24. The summed E-state index contributed by atoms with van der Waals surface area (Å²) in [6, 6.07) is 22.2. The maximum atomic E-state index is 13.7. The lowest BCUT2D eigenvalue weighted by atomic mass is 10.0. The van der Waals surface area contributed by atoms with E-state index < -0.39 is 11.2 Å². The van der Waals surface area contributed by atoms with Crippen LogP contribution >= 0.6 is 0 Å². The smallest absolute Gasteiger partial charge is 0.352 e. The van der Waals surface area contributed by atoms with Crippen LogP contribution in [0.15, 0.2) is 76.3 Å². The third kappa shape index (κ3) is 6.39. The molecule has 0 saturated carbocycles. The van der Waals surface area contributed by atoms with Gasteiger partial charge in [0.15, 0.2) is 11.5 Å². The van der Waals surface area contributed by atoms with Gasteiger partial charge in [0.1, 0.15) is 17.2 Å². The highest BCUT2D eigenvalue weighted by molar-refractivity contribution is 6.03. The van der Waals surface area contributed by atoms with Crippen molar-refractivity contribution < 1.29 is 14.2 Å². The molecule has 0 aliphatic carbocycles. The fourth-order valence-corrected chi connectivity index (χ4v) is 6.43. The highest BCUT2D eigenvalue weighted by Crippen LogP contribution is 2.34. The molecule has 0 amide bonds. The Labute approximate surface area is 273 Å².